The number of hydrogen-bond acceptors (Lipinski definition) is 1. The molecule has 0 radical (unpaired) electrons. The van der Waals surface area contributed by atoms with E-state index in [1.807, 2.05) is 0 Å². The summed E-state index contributed by atoms with van der Waals surface area (Å²) in [6.07, 6.45) is 17.8. The molecule has 0 heterocycles. The molecule has 0 aliphatic rings. The second-order valence-electron chi connectivity index (χ2n) is 9.43. The van der Waals surface area contributed by atoms with Gasteiger partial charge in [-0.2, -0.15) is 0 Å². The first kappa shape index (κ1) is 26.9. The van der Waals surface area contributed by atoms with Crippen LogP contribution in [0.25, 0.3) is 0 Å². The van der Waals surface area contributed by atoms with Crippen LogP contribution in [0.5, 0.6) is 0 Å². The summed E-state index contributed by atoms with van der Waals surface area (Å²) in [5, 5.41) is 0. The van der Waals surface area contributed by atoms with E-state index >= 15 is 0 Å². The lowest BCUT2D eigenvalue weighted by atomic mass is 10.1. The molecule has 0 saturated carbocycles. The van der Waals surface area contributed by atoms with Gasteiger partial charge in [0, 0.05) is 0 Å². The van der Waals surface area contributed by atoms with Crippen LogP contribution in [0.1, 0.15) is 91.9 Å². The van der Waals surface area contributed by atoms with Crippen molar-refractivity contribution in [2.75, 3.05) is 0 Å². The van der Waals surface area contributed by atoms with Gasteiger partial charge >= 0.3 is 0 Å². The second-order valence-corrected chi connectivity index (χ2v) is 18.0. The van der Waals surface area contributed by atoms with Crippen molar-refractivity contribution in [2.45, 2.75) is 130 Å². The van der Waals surface area contributed by atoms with Crippen molar-refractivity contribution >= 4 is 16.6 Å². The summed E-state index contributed by atoms with van der Waals surface area (Å²) in [6, 6.07) is 2.45. The highest BCUT2D eigenvalue weighted by Crippen LogP contribution is 2.30. The maximum atomic E-state index is 6.99. The molecule has 0 rings (SSSR count). The maximum Gasteiger partial charge on any atom is 0.177 e. The Hall–Kier alpha value is -0.126. The molecule has 0 aliphatic carbocycles. The summed E-state index contributed by atoms with van der Waals surface area (Å²) in [5.41, 5.74) is 3.33. The molecule has 0 aromatic heterocycles. The van der Waals surface area contributed by atoms with Gasteiger partial charge in [0.2, 0.25) is 0 Å². The largest absolute Gasteiger partial charge is 0.455 e. The standard InChI is InChI=1S/C24H50OSi2/c1-9-13-15-19-23(17-11-3)21-26(5,6)25-27(7,8)22-24(18-12-4)20-16-14-10-2/h17-18H,9-16,19-22H2,1-8H3/b23-17+,24-18+. The van der Waals surface area contributed by atoms with E-state index in [1.54, 1.807) is 11.1 Å². The highest BCUT2D eigenvalue weighted by molar-refractivity contribution is 6.85. The lowest BCUT2D eigenvalue weighted by Gasteiger charge is -2.35. The van der Waals surface area contributed by atoms with Gasteiger partial charge in [-0.3, -0.25) is 0 Å². The second kappa shape index (κ2) is 14.8. The Morgan fingerprint density at radius 1 is 0.630 bits per heavy atom. The van der Waals surface area contributed by atoms with E-state index in [9.17, 15) is 0 Å². The number of allylic oxidation sites excluding steroid dienone is 4. The van der Waals surface area contributed by atoms with E-state index in [2.05, 4.69) is 66.0 Å². The summed E-state index contributed by atoms with van der Waals surface area (Å²) in [6.45, 7) is 18.9. The first-order valence-electron chi connectivity index (χ1n) is 11.8. The molecule has 0 unspecified atom stereocenters. The topological polar surface area (TPSA) is 9.23 Å². The van der Waals surface area contributed by atoms with Gasteiger partial charge in [0.15, 0.2) is 16.6 Å². The quantitative estimate of drug-likeness (QED) is 0.140. The molecule has 0 aromatic carbocycles. The molecular weight excluding hydrogens is 360 g/mol. The SMILES string of the molecule is CC/C=C(\CCCCC)C[Si](C)(C)O[Si](C)(C)C/C(=C/CC)CCCCC. The van der Waals surface area contributed by atoms with Crippen molar-refractivity contribution in [3.63, 3.8) is 0 Å². The number of unbranched alkanes of at least 4 members (excludes halogenated alkanes) is 4. The van der Waals surface area contributed by atoms with Gasteiger partial charge in [-0.1, -0.05) is 76.7 Å². The third-order valence-corrected chi connectivity index (χ3v) is 12.1. The Bertz CT molecular complexity index is 396. The fraction of sp³-hybridized carbons (Fsp3) is 0.833. The third kappa shape index (κ3) is 14.5. The van der Waals surface area contributed by atoms with E-state index in [0.29, 0.717) is 0 Å². The molecule has 0 aliphatic heterocycles. The van der Waals surface area contributed by atoms with Crippen molar-refractivity contribution in [3.8, 4) is 0 Å². The number of hydrogen-bond donors (Lipinski definition) is 0. The normalized spacial score (nSPS) is 14.1. The maximum absolute atomic E-state index is 6.99. The zero-order chi connectivity index (χ0) is 20.8. The minimum Gasteiger partial charge on any atom is -0.455 e. The highest BCUT2D eigenvalue weighted by Gasteiger charge is 2.34. The zero-order valence-corrected chi connectivity index (χ0v) is 22.0. The Morgan fingerprint density at radius 3 is 1.30 bits per heavy atom. The van der Waals surface area contributed by atoms with Gasteiger partial charge < -0.3 is 4.12 Å². The Morgan fingerprint density at radius 2 is 1.00 bits per heavy atom. The lowest BCUT2D eigenvalue weighted by molar-refractivity contribution is 0.541. The van der Waals surface area contributed by atoms with Crippen LogP contribution in [-0.2, 0) is 4.12 Å². The van der Waals surface area contributed by atoms with Gasteiger partial charge in [0.1, 0.15) is 0 Å². The molecule has 27 heavy (non-hydrogen) atoms. The monoisotopic (exact) mass is 410 g/mol. The Kier molecular flexibility index (Phi) is 14.7. The molecule has 1 nitrogen and oxygen atoms in total. The highest BCUT2D eigenvalue weighted by atomic mass is 28.4. The van der Waals surface area contributed by atoms with Gasteiger partial charge in [-0.25, -0.2) is 0 Å². The van der Waals surface area contributed by atoms with E-state index in [4.69, 9.17) is 4.12 Å². The lowest BCUT2D eigenvalue weighted by Crippen LogP contribution is -2.44. The van der Waals surface area contributed by atoms with E-state index in [1.165, 1.54) is 63.5 Å². The Labute approximate surface area is 174 Å². The van der Waals surface area contributed by atoms with Gasteiger partial charge in [0.25, 0.3) is 0 Å². The van der Waals surface area contributed by atoms with Crippen LogP contribution < -0.4 is 0 Å². The first-order chi connectivity index (χ1) is 12.7. The van der Waals surface area contributed by atoms with Gasteiger partial charge in [-0.05, 0) is 76.8 Å². The molecule has 0 bridgehead atoms. The molecular formula is C24H50OSi2. The van der Waals surface area contributed by atoms with E-state index < -0.39 is 16.6 Å². The van der Waals surface area contributed by atoms with Crippen molar-refractivity contribution in [3.05, 3.63) is 23.3 Å². The summed E-state index contributed by atoms with van der Waals surface area (Å²) < 4.78 is 6.99. The summed E-state index contributed by atoms with van der Waals surface area (Å²) in [4.78, 5) is 0. The summed E-state index contributed by atoms with van der Waals surface area (Å²) >= 11 is 0. The zero-order valence-electron chi connectivity index (χ0n) is 20.0. The van der Waals surface area contributed by atoms with Crippen molar-refractivity contribution < 1.29 is 4.12 Å². The average Bonchev–Trinajstić information content (AvgIpc) is 2.53. The summed E-state index contributed by atoms with van der Waals surface area (Å²) in [7, 11) is -3.32. The molecule has 0 atom stereocenters. The van der Waals surface area contributed by atoms with E-state index in [-0.39, 0.29) is 0 Å². The van der Waals surface area contributed by atoms with Crippen molar-refractivity contribution in [1.29, 1.82) is 0 Å². The van der Waals surface area contributed by atoms with Crippen LogP contribution in [-0.4, -0.2) is 16.6 Å². The average molecular weight is 411 g/mol. The molecule has 0 fully saturated rings. The van der Waals surface area contributed by atoms with Crippen molar-refractivity contribution in [2.24, 2.45) is 0 Å². The third-order valence-electron chi connectivity index (χ3n) is 5.05. The van der Waals surface area contributed by atoms with Crippen LogP contribution in [0, 0.1) is 0 Å². The fourth-order valence-corrected chi connectivity index (χ4v) is 13.6. The molecule has 160 valence electrons. The predicted octanol–water partition coefficient (Wildman–Crippen LogP) is 9.25. The smallest absolute Gasteiger partial charge is 0.177 e. The van der Waals surface area contributed by atoms with Crippen LogP contribution in [0.3, 0.4) is 0 Å². The van der Waals surface area contributed by atoms with Crippen LogP contribution >= 0.6 is 0 Å². The Balaban J connectivity index is 4.88. The van der Waals surface area contributed by atoms with Crippen LogP contribution in [0.15, 0.2) is 23.3 Å². The van der Waals surface area contributed by atoms with Crippen LogP contribution in [0.2, 0.25) is 38.3 Å². The summed E-state index contributed by atoms with van der Waals surface area (Å²) in [5.74, 6) is 0. The van der Waals surface area contributed by atoms with E-state index in [0.717, 1.165) is 12.8 Å². The van der Waals surface area contributed by atoms with Gasteiger partial charge in [-0.15, -0.1) is 0 Å². The molecule has 0 N–H and O–H groups in total. The molecule has 3 heteroatoms. The van der Waals surface area contributed by atoms with Gasteiger partial charge in [0.05, 0.1) is 0 Å². The minimum atomic E-state index is -1.66. The molecule has 0 saturated heterocycles. The molecule has 0 spiro atoms. The van der Waals surface area contributed by atoms with Crippen LogP contribution in [0.4, 0.5) is 0 Å². The molecule has 0 aromatic rings. The fourth-order valence-electron chi connectivity index (χ4n) is 4.22. The minimum absolute atomic E-state index is 1.16. The predicted molar refractivity (Wildman–Crippen MR) is 131 cm³/mol. The number of rotatable bonds is 16. The first-order valence-corrected chi connectivity index (χ1v) is 18.0. The van der Waals surface area contributed by atoms with Crippen molar-refractivity contribution in [1.82, 2.24) is 0 Å². The molecule has 0 amide bonds.